The normalized spacial score (nSPS) is 24.7. The first-order valence-corrected chi connectivity index (χ1v) is 9.81. The molecule has 11 heteroatoms. The van der Waals surface area contributed by atoms with Gasteiger partial charge in [-0.1, -0.05) is 11.1 Å². The summed E-state index contributed by atoms with van der Waals surface area (Å²) < 4.78 is 5.20. The average Bonchev–Trinajstić information content (AvgIpc) is 3.15. The topological polar surface area (TPSA) is 137 Å². The second kappa shape index (κ2) is 9.51. The van der Waals surface area contributed by atoms with E-state index in [4.69, 9.17) is 14.4 Å². The van der Waals surface area contributed by atoms with Crippen LogP contribution in [0.15, 0.2) is 12.2 Å². The van der Waals surface area contributed by atoms with Crippen LogP contribution in [0.25, 0.3) is 0 Å². The zero-order valence-electron chi connectivity index (χ0n) is 16.2. The fourth-order valence-electron chi connectivity index (χ4n) is 3.48. The van der Waals surface area contributed by atoms with Gasteiger partial charge in [0.2, 0.25) is 0 Å². The SMILES string of the molecule is O=C(CC1CCCC=CC(OC(=O)ON2C(=O)CCC2=O)C1)ON1C(=O)CCC1=O. The summed E-state index contributed by atoms with van der Waals surface area (Å²) in [4.78, 5) is 80.0. The molecule has 162 valence electrons. The van der Waals surface area contributed by atoms with Crippen molar-refractivity contribution in [3.8, 4) is 0 Å². The molecule has 2 fully saturated rings. The van der Waals surface area contributed by atoms with Gasteiger partial charge in [0.25, 0.3) is 23.6 Å². The maximum absolute atomic E-state index is 12.2. The Labute approximate surface area is 171 Å². The highest BCUT2D eigenvalue weighted by atomic mass is 16.8. The molecule has 0 radical (unpaired) electrons. The minimum absolute atomic E-state index is 0.0143. The highest BCUT2D eigenvalue weighted by Crippen LogP contribution is 2.25. The molecule has 2 heterocycles. The van der Waals surface area contributed by atoms with Crippen LogP contribution >= 0.6 is 0 Å². The Morgan fingerprint density at radius 2 is 1.47 bits per heavy atom. The second-order valence-corrected chi connectivity index (χ2v) is 7.29. The Morgan fingerprint density at radius 1 is 0.900 bits per heavy atom. The van der Waals surface area contributed by atoms with Gasteiger partial charge in [0.1, 0.15) is 6.10 Å². The van der Waals surface area contributed by atoms with Crippen LogP contribution in [-0.4, -0.2) is 52.0 Å². The molecule has 0 aromatic rings. The van der Waals surface area contributed by atoms with Gasteiger partial charge in [0.15, 0.2) is 0 Å². The van der Waals surface area contributed by atoms with Crippen LogP contribution in [0.5, 0.6) is 0 Å². The lowest BCUT2D eigenvalue weighted by molar-refractivity contribution is -0.198. The van der Waals surface area contributed by atoms with Gasteiger partial charge in [-0.05, 0) is 37.7 Å². The summed E-state index contributed by atoms with van der Waals surface area (Å²) in [5.74, 6) is -3.28. The van der Waals surface area contributed by atoms with Gasteiger partial charge in [-0.25, -0.2) is 9.59 Å². The molecule has 11 nitrogen and oxygen atoms in total. The van der Waals surface area contributed by atoms with Gasteiger partial charge in [0.05, 0.1) is 6.42 Å². The maximum atomic E-state index is 12.2. The summed E-state index contributed by atoms with van der Waals surface area (Å²) in [6.07, 6.45) is 3.87. The first-order valence-electron chi connectivity index (χ1n) is 9.81. The molecule has 30 heavy (non-hydrogen) atoms. The Balaban J connectivity index is 1.53. The molecule has 3 rings (SSSR count). The monoisotopic (exact) mass is 422 g/mol. The second-order valence-electron chi connectivity index (χ2n) is 7.29. The molecule has 4 amide bonds. The number of hydrogen-bond donors (Lipinski definition) is 0. The Morgan fingerprint density at radius 3 is 2.07 bits per heavy atom. The lowest BCUT2D eigenvalue weighted by Crippen LogP contribution is -2.34. The molecule has 0 aromatic heterocycles. The van der Waals surface area contributed by atoms with E-state index in [1.165, 1.54) is 0 Å². The van der Waals surface area contributed by atoms with E-state index in [0.29, 0.717) is 23.0 Å². The van der Waals surface area contributed by atoms with Crippen LogP contribution in [0.4, 0.5) is 4.79 Å². The largest absolute Gasteiger partial charge is 0.534 e. The first-order chi connectivity index (χ1) is 14.3. The summed E-state index contributed by atoms with van der Waals surface area (Å²) in [6.45, 7) is 0. The molecule has 0 aromatic carbocycles. The fourth-order valence-corrected chi connectivity index (χ4v) is 3.48. The van der Waals surface area contributed by atoms with E-state index in [2.05, 4.69) is 0 Å². The summed E-state index contributed by atoms with van der Waals surface area (Å²) in [5.41, 5.74) is 0. The highest BCUT2D eigenvalue weighted by Gasteiger charge is 2.35. The number of carbonyl (C=O) groups excluding carboxylic acids is 6. The van der Waals surface area contributed by atoms with E-state index in [-0.39, 0.29) is 44.4 Å². The third kappa shape index (κ3) is 5.43. The zero-order chi connectivity index (χ0) is 21.7. The molecule has 3 aliphatic rings. The fraction of sp³-hybridized carbons (Fsp3) is 0.579. The number of nitrogens with zero attached hydrogens (tertiary/aromatic N) is 2. The summed E-state index contributed by atoms with van der Waals surface area (Å²) >= 11 is 0. The summed E-state index contributed by atoms with van der Waals surface area (Å²) in [7, 11) is 0. The molecule has 0 N–H and O–H groups in total. The van der Waals surface area contributed by atoms with E-state index in [1.807, 2.05) is 6.08 Å². The van der Waals surface area contributed by atoms with E-state index in [1.54, 1.807) is 6.08 Å². The van der Waals surface area contributed by atoms with Crippen LogP contribution in [0, 0.1) is 5.92 Å². The number of hydrogen-bond acceptors (Lipinski definition) is 9. The van der Waals surface area contributed by atoms with Crippen molar-refractivity contribution in [1.29, 1.82) is 0 Å². The Kier molecular flexibility index (Phi) is 6.80. The molecule has 0 saturated carbocycles. The van der Waals surface area contributed by atoms with Crippen molar-refractivity contribution in [2.75, 3.05) is 0 Å². The minimum atomic E-state index is -1.19. The van der Waals surface area contributed by atoms with Crippen LogP contribution in [0.3, 0.4) is 0 Å². The number of carbonyl (C=O) groups is 6. The molecular weight excluding hydrogens is 400 g/mol. The van der Waals surface area contributed by atoms with Gasteiger partial charge in [-0.2, -0.15) is 0 Å². The Hall–Kier alpha value is -3.24. The highest BCUT2D eigenvalue weighted by molar-refractivity contribution is 6.02. The van der Waals surface area contributed by atoms with Crippen molar-refractivity contribution < 1.29 is 43.2 Å². The zero-order valence-corrected chi connectivity index (χ0v) is 16.2. The van der Waals surface area contributed by atoms with Crippen LogP contribution in [0.1, 0.15) is 57.8 Å². The summed E-state index contributed by atoms with van der Waals surface area (Å²) in [6, 6.07) is 0. The molecule has 2 aliphatic heterocycles. The van der Waals surface area contributed by atoms with Crippen molar-refractivity contribution in [2.24, 2.45) is 5.92 Å². The maximum Gasteiger partial charge on any atom is 0.534 e. The lowest BCUT2D eigenvalue weighted by Gasteiger charge is -2.23. The number of ether oxygens (including phenoxy) is 1. The molecule has 1 aliphatic carbocycles. The number of amides is 4. The third-order valence-corrected chi connectivity index (χ3v) is 4.97. The number of rotatable bonds is 5. The van der Waals surface area contributed by atoms with Crippen LogP contribution in [0.2, 0.25) is 0 Å². The van der Waals surface area contributed by atoms with E-state index in [9.17, 15) is 28.8 Å². The number of hydroxylamine groups is 4. The molecule has 2 saturated heterocycles. The molecule has 2 atom stereocenters. The van der Waals surface area contributed by atoms with Gasteiger partial charge >= 0.3 is 12.1 Å². The van der Waals surface area contributed by atoms with Crippen molar-refractivity contribution >= 4 is 35.8 Å². The average molecular weight is 422 g/mol. The summed E-state index contributed by atoms with van der Waals surface area (Å²) in [5, 5.41) is 0.897. The molecular formula is C19H22N2O9. The molecule has 2 unspecified atom stereocenters. The van der Waals surface area contributed by atoms with Crippen molar-refractivity contribution in [2.45, 2.75) is 63.9 Å². The van der Waals surface area contributed by atoms with E-state index in [0.717, 1.165) is 6.42 Å². The lowest BCUT2D eigenvalue weighted by atomic mass is 9.90. The predicted octanol–water partition coefficient (Wildman–Crippen LogP) is 1.32. The van der Waals surface area contributed by atoms with Gasteiger partial charge < -0.3 is 9.57 Å². The molecule has 0 spiro atoms. The predicted molar refractivity (Wildman–Crippen MR) is 95.3 cm³/mol. The van der Waals surface area contributed by atoms with Crippen LogP contribution in [-0.2, 0) is 38.4 Å². The standard InChI is InChI=1S/C19H22N2O9/c22-14-6-7-15(23)20(14)29-18(26)11-12-4-2-1-3-5-13(10-12)28-19(27)30-21-16(24)8-9-17(21)25/h3,5,12-13H,1-2,4,6-11H2. The van der Waals surface area contributed by atoms with Gasteiger partial charge in [-0.15, -0.1) is 5.06 Å². The van der Waals surface area contributed by atoms with E-state index < -0.39 is 41.9 Å². The van der Waals surface area contributed by atoms with E-state index >= 15 is 0 Å². The van der Waals surface area contributed by atoms with Crippen LogP contribution < -0.4 is 0 Å². The smallest absolute Gasteiger partial charge is 0.425 e. The minimum Gasteiger partial charge on any atom is -0.425 e. The first kappa shape index (κ1) is 21.5. The number of allylic oxidation sites excluding steroid dienone is 1. The van der Waals surface area contributed by atoms with Crippen molar-refractivity contribution in [3.05, 3.63) is 12.2 Å². The van der Waals surface area contributed by atoms with Gasteiger partial charge in [0, 0.05) is 25.7 Å². The van der Waals surface area contributed by atoms with Gasteiger partial charge in [-0.3, -0.25) is 24.0 Å². The number of imide groups is 2. The third-order valence-electron chi connectivity index (χ3n) is 4.97. The van der Waals surface area contributed by atoms with Crippen molar-refractivity contribution in [3.63, 3.8) is 0 Å². The quantitative estimate of drug-likeness (QED) is 0.365. The van der Waals surface area contributed by atoms with Crippen molar-refractivity contribution in [1.82, 2.24) is 10.1 Å². The molecule has 0 bridgehead atoms. The Bertz CT molecular complexity index is 759.